The lowest BCUT2D eigenvalue weighted by molar-refractivity contribution is 0.0696. The first-order valence-corrected chi connectivity index (χ1v) is 10.4. The van der Waals surface area contributed by atoms with E-state index in [1.54, 1.807) is 23.6 Å². The number of nitrogens with zero attached hydrogens (tertiary/aromatic N) is 2. The second kappa shape index (κ2) is 9.03. The number of aromatic carboxylic acids is 2. The van der Waals surface area contributed by atoms with E-state index in [0.717, 1.165) is 22.5 Å². The van der Waals surface area contributed by atoms with E-state index in [1.165, 1.54) is 18.3 Å². The summed E-state index contributed by atoms with van der Waals surface area (Å²) in [5.74, 6) is -2.79. The van der Waals surface area contributed by atoms with Gasteiger partial charge >= 0.3 is 11.9 Å². The number of nitrogens with one attached hydrogen (secondary N) is 1. The number of fused-ring (bicyclic) bond motifs is 1. The molecule has 0 aliphatic rings. The van der Waals surface area contributed by atoms with Crippen molar-refractivity contribution in [1.29, 1.82) is 0 Å². The summed E-state index contributed by atoms with van der Waals surface area (Å²) in [5, 5.41) is 24.8. The van der Waals surface area contributed by atoms with Crippen LogP contribution >= 0.6 is 0 Å². The molecule has 34 heavy (non-hydrogen) atoms. The number of hydrogen-bond acceptors (Lipinski definition) is 4. The van der Waals surface area contributed by atoms with Gasteiger partial charge in [0.25, 0.3) is 5.91 Å². The molecule has 8 heteroatoms. The number of amides is 1. The third-order valence-corrected chi connectivity index (χ3v) is 5.52. The first-order chi connectivity index (χ1) is 16.2. The number of hydrogen-bond donors (Lipinski definition) is 3. The smallest absolute Gasteiger partial charge is 0.335 e. The molecule has 0 aliphatic heterocycles. The SMILES string of the molecule is Cc1cc(/C=N\NC(=O)c2ccc3ccccc3c2)c(C)n1-c1cc(C(=O)O)cc(C(=O)O)c1. The number of benzene rings is 3. The number of carboxylic acid groups (broad SMARTS) is 2. The highest BCUT2D eigenvalue weighted by molar-refractivity contribution is 5.99. The maximum atomic E-state index is 12.5. The fourth-order valence-electron chi connectivity index (χ4n) is 3.86. The first-order valence-electron chi connectivity index (χ1n) is 10.4. The van der Waals surface area contributed by atoms with Crippen LogP contribution in [0.15, 0.2) is 71.8 Å². The Morgan fingerprint density at radius 2 is 1.47 bits per heavy atom. The third-order valence-electron chi connectivity index (χ3n) is 5.52. The van der Waals surface area contributed by atoms with Crippen molar-refractivity contribution in [3.8, 4) is 5.69 Å². The summed E-state index contributed by atoms with van der Waals surface area (Å²) in [7, 11) is 0. The van der Waals surface area contributed by atoms with Crippen LogP contribution in [0, 0.1) is 13.8 Å². The lowest BCUT2D eigenvalue weighted by Crippen LogP contribution is -2.17. The van der Waals surface area contributed by atoms with Gasteiger partial charge in [0.15, 0.2) is 0 Å². The zero-order valence-corrected chi connectivity index (χ0v) is 18.4. The maximum Gasteiger partial charge on any atom is 0.335 e. The van der Waals surface area contributed by atoms with Crippen molar-refractivity contribution in [3.05, 3.63) is 100 Å². The van der Waals surface area contributed by atoms with Crippen molar-refractivity contribution < 1.29 is 24.6 Å². The molecule has 0 saturated heterocycles. The Kier molecular flexibility index (Phi) is 5.97. The van der Waals surface area contributed by atoms with Gasteiger partial charge in [0.1, 0.15) is 0 Å². The van der Waals surface area contributed by atoms with E-state index in [1.807, 2.05) is 43.3 Å². The van der Waals surface area contributed by atoms with Gasteiger partial charge in [-0.15, -0.1) is 0 Å². The van der Waals surface area contributed by atoms with Crippen LogP contribution in [0.1, 0.15) is 48.0 Å². The Hall–Kier alpha value is -4.72. The number of aryl methyl sites for hydroxylation is 1. The van der Waals surface area contributed by atoms with Crippen LogP contribution < -0.4 is 5.43 Å². The lowest BCUT2D eigenvalue weighted by atomic mass is 10.1. The molecule has 4 aromatic rings. The van der Waals surface area contributed by atoms with Crippen LogP contribution in [0.3, 0.4) is 0 Å². The molecular formula is C26H21N3O5. The molecule has 0 atom stereocenters. The van der Waals surface area contributed by atoms with Crippen LogP contribution in [-0.4, -0.2) is 38.8 Å². The zero-order valence-electron chi connectivity index (χ0n) is 18.4. The fourth-order valence-corrected chi connectivity index (χ4v) is 3.86. The highest BCUT2D eigenvalue weighted by Gasteiger charge is 2.16. The number of rotatable bonds is 6. The Morgan fingerprint density at radius 1 is 0.824 bits per heavy atom. The Bertz CT molecular complexity index is 1450. The van der Waals surface area contributed by atoms with E-state index in [9.17, 15) is 24.6 Å². The van der Waals surface area contributed by atoms with Crippen LogP contribution in [0.4, 0.5) is 0 Å². The molecular weight excluding hydrogens is 434 g/mol. The summed E-state index contributed by atoms with van der Waals surface area (Å²) in [6.07, 6.45) is 1.50. The van der Waals surface area contributed by atoms with Crippen molar-refractivity contribution >= 4 is 34.8 Å². The van der Waals surface area contributed by atoms with E-state index >= 15 is 0 Å². The van der Waals surface area contributed by atoms with E-state index in [0.29, 0.717) is 22.5 Å². The minimum Gasteiger partial charge on any atom is -0.478 e. The molecule has 0 spiro atoms. The van der Waals surface area contributed by atoms with Gasteiger partial charge in [0.2, 0.25) is 0 Å². The monoisotopic (exact) mass is 455 g/mol. The normalized spacial score (nSPS) is 11.1. The molecule has 3 N–H and O–H groups in total. The lowest BCUT2D eigenvalue weighted by Gasteiger charge is -2.12. The summed E-state index contributed by atoms with van der Waals surface area (Å²) in [6.45, 7) is 3.61. The molecule has 0 radical (unpaired) electrons. The van der Waals surface area contributed by atoms with Crippen LogP contribution in [-0.2, 0) is 0 Å². The number of carboxylic acids is 2. The highest BCUT2D eigenvalue weighted by atomic mass is 16.4. The molecule has 0 aliphatic carbocycles. The predicted molar refractivity (Wildman–Crippen MR) is 128 cm³/mol. The number of carbonyl (C=O) groups is 3. The first kappa shape index (κ1) is 22.5. The second-order valence-electron chi connectivity index (χ2n) is 7.80. The summed E-state index contributed by atoms with van der Waals surface area (Å²) >= 11 is 0. The molecule has 1 heterocycles. The minimum absolute atomic E-state index is 0.125. The summed E-state index contributed by atoms with van der Waals surface area (Å²) in [5.41, 5.74) is 5.31. The van der Waals surface area contributed by atoms with Gasteiger partial charge in [-0.2, -0.15) is 5.10 Å². The predicted octanol–water partition coefficient (Wildman–Crippen LogP) is 4.41. The molecule has 0 bridgehead atoms. The van der Waals surface area contributed by atoms with E-state index in [-0.39, 0.29) is 17.0 Å². The van der Waals surface area contributed by atoms with Crippen molar-refractivity contribution in [2.75, 3.05) is 0 Å². The molecule has 0 unspecified atom stereocenters. The van der Waals surface area contributed by atoms with Crippen molar-refractivity contribution in [1.82, 2.24) is 9.99 Å². The molecule has 0 saturated carbocycles. The van der Waals surface area contributed by atoms with Crippen molar-refractivity contribution in [2.45, 2.75) is 13.8 Å². The van der Waals surface area contributed by atoms with Crippen LogP contribution in [0.25, 0.3) is 16.5 Å². The average molecular weight is 455 g/mol. The van der Waals surface area contributed by atoms with Gasteiger partial charge in [-0.05, 0) is 61.0 Å². The summed E-state index contributed by atoms with van der Waals surface area (Å²) in [6, 6.07) is 18.9. The standard InChI is InChI=1S/C26H21N3O5/c1-15-9-22(14-27-28-24(30)19-8-7-17-5-3-4-6-18(17)10-19)16(2)29(15)23-12-20(25(31)32)11-21(13-23)26(33)34/h3-14H,1-2H3,(H,28,30)(H,31,32)(H,33,34)/b27-14-. The van der Waals surface area contributed by atoms with Crippen LogP contribution in [0.2, 0.25) is 0 Å². The number of carbonyl (C=O) groups excluding carboxylic acids is 1. The molecule has 0 fully saturated rings. The van der Waals surface area contributed by atoms with Gasteiger partial charge in [-0.25, -0.2) is 15.0 Å². The van der Waals surface area contributed by atoms with E-state index < -0.39 is 11.9 Å². The maximum absolute atomic E-state index is 12.5. The van der Waals surface area contributed by atoms with E-state index in [4.69, 9.17) is 0 Å². The average Bonchev–Trinajstić information content (AvgIpc) is 3.11. The zero-order chi connectivity index (χ0) is 24.4. The number of aromatic nitrogens is 1. The highest BCUT2D eigenvalue weighted by Crippen LogP contribution is 2.23. The molecule has 8 nitrogen and oxygen atoms in total. The Balaban J connectivity index is 1.59. The fraction of sp³-hybridized carbons (Fsp3) is 0.0769. The Morgan fingerprint density at radius 3 is 2.12 bits per heavy atom. The Labute approximate surface area is 194 Å². The molecule has 170 valence electrons. The molecule has 3 aromatic carbocycles. The van der Waals surface area contributed by atoms with Crippen molar-refractivity contribution in [3.63, 3.8) is 0 Å². The number of hydrazone groups is 1. The topological polar surface area (TPSA) is 121 Å². The summed E-state index contributed by atoms with van der Waals surface area (Å²) in [4.78, 5) is 35.4. The quantitative estimate of drug-likeness (QED) is 0.294. The largest absolute Gasteiger partial charge is 0.478 e. The molecule has 1 aromatic heterocycles. The van der Waals surface area contributed by atoms with Gasteiger partial charge in [-0.3, -0.25) is 4.79 Å². The van der Waals surface area contributed by atoms with Gasteiger partial charge in [-0.1, -0.05) is 30.3 Å². The molecule has 1 amide bonds. The van der Waals surface area contributed by atoms with Crippen LogP contribution in [0.5, 0.6) is 0 Å². The summed E-state index contributed by atoms with van der Waals surface area (Å²) < 4.78 is 1.74. The van der Waals surface area contributed by atoms with Gasteiger partial charge in [0.05, 0.1) is 17.3 Å². The van der Waals surface area contributed by atoms with Crippen molar-refractivity contribution in [2.24, 2.45) is 5.10 Å². The second-order valence-corrected chi connectivity index (χ2v) is 7.80. The minimum atomic E-state index is -1.22. The molecule has 4 rings (SSSR count). The van der Waals surface area contributed by atoms with Gasteiger partial charge in [0, 0.05) is 28.2 Å². The van der Waals surface area contributed by atoms with E-state index in [2.05, 4.69) is 10.5 Å². The third kappa shape index (κ3) is 4.42. The van der Waals surface area contributed by atoms with Gasteiger partial charge < -0.3 is 14.8 Å².